The second-order valence-corrected chi connectivity index (χ2v) is 27.9. The van der Waals surface area contributed by atoms with Crippen LogP contribution in [0.4, 0.5) is 13.2 Å². The summed E-state index contributed by atoms with van der Waals surface area (Å²) in [6, 6.07) is 8.56. The average Bonchev–Trinajstić information content (AvgIpc) is 2.88. The van der Waals surface area contributed by atoms with E-state index < -0.39 is 38.4 Å². The van der Waals surface area contributed by atoms with Gasteiger partial charge in [-0.2, -0.15) is 0 Å². The number of ether oxygens (including phenoxy) is 1. The van der Waals surface area contributed by atoms with Crippen molar-refractivity contribution in [3.8, 4) is 5.75 Å². The van der Waals surface area contributed by atoms with Crippen LogP contribution < -0.4 is 4.74 Å². The van der Waals surface area contributed by atoms with Crippen LogP contribution in [-0.4, -0.2) is 33.3 Å². The van der Waals surface area contributed by atoms with Crippen LogP contribution in [0.3, 0.4) is 0 Å². The molecule has 0 radical (unpaired) electrons. The van der Waals surface area contributed by atoms with E-state index in [0.29, 0.717) is 13.0 Å². The molecular weight excluding hydrogens is 584 g/mol. The molecule has 1 aromatic rings. The van der Waals surface area contributed by atoms with E-state index in [0.717, 1.165) is 30.3 Å². The van der Waals surface area contributed by atoms with E-state index in [1.165, 1.54) is 61.7 Å². The second-order valence-electron chi connectivity index (χ2n) is 10.2. The molecule has 0 aromatic heterocycles. The number of benzene rings is 1. The third kappa shape index (κ3) is 10.6. The van der Waals surface area contributed by atoms with Crippen LogP contribution in [0, 0.1) is 0 Å². The van der Waals surface area contributed by atoms with Crippen LogP contribution in [0.1, 0.15) is 92.1 Å². The fourth-order valence-electron chi connectivity index (χ4n) is 4.99. The quantitative estimate of drug-likeness (QED) is 0.0856. The SMILES string of the molecule is CCC[CH2][Sn]([CH2]CCC)([CH2]CCC)[C](=CCCOc1cccc(C(F)(F)F)c1)O[Si](CC)(CC)CC. The normalized spacial score (nSPS) is 13.2. The van der Waals surface area contributed by atoms with Crippen LogP contribution in [0.15, 0.2) is 34.1 Å². The van der Waals surface area contributed by atoms with Crippen LogP contribution in [-0.2, 0) is 10.6 Å². The van der Waals surface area contributed by atoms with Crippen molar-refractivity contribution in [1.29, 1.82) is 0 Å². The minimum absolute atomic E-state index is 0.276. The second kappa shape index (κ2) is 17.1. The zero-order valence-corrected chi connectivity index (χ0v) is 27.6. The molecule has 0 N–H and O–H groups in total. The van der Waals surface area contributed by atoms with E-state index in [-0.39, 0.29) is 5.75 Å². The molecule has 2 nitrogen and oxygen atoms in total. The molecule has 0 heterocycles. The molecule has 0 amide bonds. The molecule has 0 aliphatic carbocycles. The van der Waals surface area contributed by atoms with Gasteiger partial charge in [-0.3, -0.25) is 0 Å². The fraction of sp³-hybridized carbons (Fsp3) is 0.724. The zero-order chi connectivity index (χ0) is 27.1. The number of hydrogen-bond donors (Lipinski definition) is 0. The van der Waals surface area contributed by atoms with Gasteiger partial charge in [0.05, 0.1) is 0 Å². The fourth-order valence-corrected chi connectivity index (χ4v) is 26.1. The minimum atomic E-state index is -4.36. The van der Waals surface area contributed by atoms with E-state index in [9.17, 15) is 13.2 Å². The predicted octanol–water partition coefficient (Wildman–Crippen LogP) is 10.8. The number of unbranched alkanes of at least 4 members (excludes halogenated alkanes) is 3. The van der Waals surface area contributed by atoms with Crippen molar-refractivity contribution >= 4 is 26.7 Å². The van der Waals surface area contributed by atoms with Crippen LogP contribution in [0.25, 0.3) is 0 Å². The summed E-state index contributed by atoms with van der Waals surface area (Å²) in [5, 5.41) is 0. The summed E-state index contributed by atoms with van der Waals surface area (Å²) >= 11 is -2.80. The Kier molecular flexibility index (Phi) is 15.8. The maximum atomic E-state index is 13.1. The summed E-state index contributed by atoms with van der Waals surface area (Å²) in [4.78, 5) is 0. The number of rotatable bonds is 19. The molecule has 0 fully saturated rings. The molecule has 0 bridgehead atoms. The first-order chi connectivity index (χ1) is 17.2. The molecule has 0 atom stereocenters. The summed E-state index contributed by atoms with van der Waals surface area (Å²) < 4.78 is 57.7. The van der Waals surface area contributed by atoms with Gasteiger partial charge in [0, 0.05) is 0 Å². The Morgan fingerprint density at radius 2 is 1.39 bits per heavy atom. The van der Waals surface area contributed by atoms with Crippen molar-refractivity contribution < 1.29 is 22.3 Å². The number of hydrogen-bond acceptors (Lipinski definition) is 2. The van der Waals surface area contributed by atoms with Crippen molar-refractivity contribution in [2.75, 3.05) is 6.61 Å². The van der Waals surface area contributed by atoms with Crippen molar-refractivity contribution in [2.45, 2.75) is 124 Å². The number of halogens is 3. The van der Waals surface area contributed by atoms with E-state index >= 15 is 0 Å². The van der Waals surface area contributed by atoms with Gasteiger partial charge in [0.25, 0.3) is 0 Å². The van der Waals surface area contributed by atoms with Crippen molar-refractivity contribution in [2.24, 2.45) is 0 Å². The Balaban J connectivity index is 3.28. The van der Waals surface area contributed by atoms with Crippen molar-refractivity contribution in [1.82, 2.24) is 0 Å². The molecule has 0 unspecified atom stereocenters. The van der Waals surface area contributed by atoms with E-state index in [4.69, 9.17) is 9.16 Å². The van der Waals surface area contributed by atoms with Gasteiger partial charge >= 0.3 is 225 Å². The van der Waals surface area contributed by atoms with Crippen molar-refractivity contribution in [3.63, 3.8) is 0 Å². The number of alkyl halides is 3. The van der Waals surface area contributed by atoms with Gasteiger partial charge in [-0.15, -0.1) is 0 Å². The third-order valence-electron chi connectivity index (χ3n) is 7.69. The van der Waals surface area contributed by atoms with Gasteiger partial charge in [0.15, 0.2) is 0 Å². The molecular formula is C29H51F3O2SiSn. The topological polar surface area (TPSA) is 18.5 Å². The maximum absolute atomic E-state index is 13.1. The zero-order valence-electron chi connectivity index (χ0n) is 23.7. The van der Waals surface area contributed by atoms with Gasteiger partial charge < -0.3 is 0 Å². The molecule has 0 saturated carbocycles. The van der Waals surface area contributed by atoms with Crippen LogP contribution >= 0.6 is 0 Å². The Labute approximate surface area is 224 Å². The summed E-state index contributed by atoms with van der Waals surface area (Å²) in [5.41, 5.74) is -0.668. The summed E-state index contributed by atoms with van der Waals surface area (Å²) in [6.45, 7) is 14.1. The van der Waals surface area contributed by atoms with Crippen LogP contribution in [0.5, 0.6) is 5.75 Å². The first kappa shape index (κ1) is 33.4. The van der Waals surface area contributed by atoms with Gasteiger partial charge in [-0.05, 0) is 0 Å². The van der Waals surface area contributed by atoms with E-state index in [2.05, 4.69) is 47.6 Å². The van der Waals surface area contributed by atoms with Crippen LogP contribution in [0.2, 0.25) is 31.4 Å². The molecule has 0 saturated heterocycles. The summed E-state index contributed by atoms with van der Waals surface area (Å²) in [6.07, 6.45) is 6.07. The molecule has 0 aliphatic rings. The average molecular weight is 636 g/mol. The van der Waals surface area contributed by atoms with Gasteiger partial charge in [-0.25, -0.2) is 0 Å². The molecule has 208 valence electrons. The Bertz CT molecular complexity index is 733. The van der Waals surface area contributed by atoms with Gasteiger partial charge in [0.1, 0.15) is 0 Å². The monoisotopic (exact) mass is 636 g/mol. The standard InChI is InChI=1S/C17H24F3O2Si.3C4H9.Sn/c1-4-23(5-2,6-3)22-13-8-7-12-21-16-11-9-10-15(14-16)17(18,19)20;3*1-3-4-2;/h8-11,14H,4-7,12H2,1-3H3;3*1,3-4H2,2H3;. The first-order valence-corrected chi connectivity index (χ1v) is 24.4. The third-order valence-corrected chi connectivity index (χ3v) is 27.9. The van der Waals surface area contributed by atoms with Gasteiger partial charge in [0.2, 0.25) is 0 Å². The Morgan fingerprint density at radius 1 is 0.861 bits per heavy atom. The molecule has 1 aromatic carbocycles. The van der Waals surface area contributed by atoms with E-state index in [1.54, 1.807) is 6.07 Å². The van der Waals surface area contributed by atoms with Crippen molar-refractivity contribution in [3.05, 3.63) is 39.7 Å². The first-order valence-electron chi connectivity index (χ1n) is 14.4. The molecule has 0 spiro atoms. The summed E-state index contributed by atoms with van der Waals surface area (Å²) in [5.74, 6) is 0.276. The molecule has 0 aliphatic heterocycles. The Morgan fingerprint density at radius 3 is 1.83 bits per heavy atom. The van der Waals surface area contributed by atoms with Gasteiger partial charge in [-0.1, -0.05) is 0 Å². The van der Waals surface area contributed by atoms with E-state index in [1.807, 2.05) is 0 Å². The summed E-state index contributed by atoms with van der Waals surface area (Å²) in [7, 11) is -1.84. The predicted molar refractivity (Wildman–Crippen MR) is 153 cm³/mol. The molecule has 36 heavy (non-hydrogen) atoms. The molecule has 1 rings (SSSR count). The molecule has 7 heteroatoms. The Hall–Kier alpha value is -0.634.